The number of pyridine rings is 3. The third-order valence-corrected chi connectivity index (χ3v) is 6.64. The number of nitrogens with zero attached hydrogens (tertiary/aromatic N) is 4. The number of aromatic amines is 2. The van der Waals surface area contributed by atoms with Gasteiger partial charge in [0.1, 0.15) is 5.69 Å². The number of nitrogens with one attached hydrogen (secondary N) is 3. The number of hydrogen-bond acceptors (Lipinski definition) is 6. The molecule has 0 atom stereocenters. The summed E-state index contributed by atoms with van der Waals surface area (Å²) in [5.74, 6) is 0. The summed E-state index contributed by atoms with van der Waals surface area (Å²) in [5, 5.41) is 17.3. The molecule has 0 saturated carbocycles. The molecule has 0 aliphatic heterocycles. The van der Waals surface area contributed by atoms with Crippen LogP contribution in [0, 0.1) is 0 Å². The molecule has 0 aliphatic rings. The van der Waals surface area contributed by atoms with Crippen molar-refractivity contribution in [2.45, 2.75) is 19.8 Å². The first-order valence-electron chi connectivity index (χ1n) is 11.4. The summed E-state index contributed by atoms with van der Waals surface area (Å²) in [6.07, 6.45) is 9.24. The first kappa shape index (κ1) is 21.2. The van der Waals surface area contributed by atoms with Crippen molar-refractivity contribution in [3.63, 3.8) is 0 Å². The van der Waals surface area contributed by atoms with Crippen molar-refractivity contribution in [1.82, 2.24) is 30.1 Å². The predicted octanol–water partition coefficient (Wildman–Crippen LogP) is 7.02. The molecule has 0 bridgehead atoms. The van der Waals surface area contributed by atoms with Gasteiger partial charge in [-0.2, -0.15) is 16.4 Å². The van der Waals surface area contributed by atoms with E-state index in [1.807, 2.05) is 30.7 Å². The molecule has 172 valence electrons. The highest BCUT2D eigenvalue weighted by Gasteiger charge is 2.15. The van der Waals surface area contributed by atoms with Crippen LogP contribution in [0.15, 0.2) is 78.2 Å². The number of allylic oxidation sites excluding steroid dienone is 1. The van der Waals surface area contributed by atoms with E-state index in [9.17, 15) is 0 Å². The molecule has 6 aromatic heterocycles. The Morgan fingerprint density at radius 1 is 1.00 bits per heavy atom. The highest BCUT2D eigenvalue weighted by molar-refractivity contribution is 7.08. The average molecular weight is 478 g/mol. The standard InChI is InChI=1S/C27H23N7S/c1-3-4-16(2)31-19-9-18(12-28-13-19)23-10-21-25(14-30-23)33-34-27(21)24-11-20-22(32-24)5-7-29-26(20)17-6-8-35-15-17/h5-15,31-32H,2-4H2,1H3,(H,33,34). The Morgan fingerprint density at radius 3 is 2.77 bits per heavy atom. The van der Waals surface area contributed by atoms with Crippen LogP contribution in [-0.4, -0.2) is 30.1 Å². The highest BCUT2D eigenvalue weighted by Crippen LogP contribution is 2.34. The molecule has 0 aliphatic carbocycles. The van der Waals surface area contributed by atoms with E-state index < -0.39 is 0 Å². The average Bonchev–Trinajstić information content (AvgIpc) is 3.63. The SMILES string of the molecule is C=C(CCC)Nc1cncc(-c2cc3c(-c4cc5c(-c6ccsc6)nccc5[nH]4)n[nH]c3cn2)c1. The van der Waals surface area contributed by atoms with Crippen molar-refractivity contribution in [2.75, 3.05) is 5.32 Å². The Kier molecular flexibility index (Phi) is 5.35. The minimum absolute atomic E-state index is 0.828. The number of fused-ring (bicyclic) bond motifs is 2. The molecule has 35 heavy (non-hydrogen) atoms. The van der Waals surface area contributed by atoms with Gasteiger partial charge in [-0.05, 0) is 42.1 Å². The van der Waals surface area contributed by atoms with Crippen molar-refractivity contribution >= 4 is 38.8 Å². The molecular weight excluding hydrogens is 454 g/mol. The third kappa shape index (κ3) is 3.98. The maximum absolute atomic E-state index is 4.65. The molecule has 0 radical (unpaired) electrons. The van der Waals surface area contributed by atoms with E-state index >= 15 is 0 Å². The Morgan fingerprint density at radius 2 is 1.91 bits per heavy atom. The maximum Gasteiger partial charge on any atom is 0.116 e. The van der Waals surface area contributed by atoms with Crippen LogP contribution in [0.25, 0.3) is 55.7 Å². The topological polar surface area (TPSA) is 95.2 Å². The molecule has 0 unspecified atom stereocenters. The second kappa shape index (κ2) is 8.81. The number of aromatic nitrogens is 6. The van der Waals surface area contributed by atoms with Gasteiger partial charge in [0.25, 0.3) is 0 Å². The van der Waals surface area contributed by atoms with E-state index in [2.05, 4.69) is 77.9 Å². The Labute approximate surface area is 206 Å². The fourth-order valence-electron chi connectivity index (χ4n) is 4.31. The normalized spacial score (nSPS) is 11.3. The first-order valence-corrected chi connectivity index (χ1v) is 12.4. The van der Waals surface area contributed by atoms with Gasteiger partial charge in [-0.1, -0.05) is 19.9 Å². The van der Waals surface area contributed by atoms with E-state index in [4.69, 9.17) is 0 Å². The molecule has 3 N–H and O–H groups in total. The van der Waals surface area contributed by atoms with E-state index in [0.29, 0.717) is 0 Å². The molecule has 8 heteroatoms. The summed E-state index contributed by atoms with van der Waals surface area (Å²) in [6.45, 7) is 6.22. The lowest BCUT2D eigenvalue weighted by atomic mass is 10.1. The van der Waals surface area contributed by atoms with Gasteiger partial charge in [-0.25, -0.2) is 0 Å². The Hall–Kier alpha value is -4.30. The number of hydrogen-bond donors (Lipinski definition) is 3. The fraction of sp³-hybridized carbons (Fsp3) is 0.111. The van der Waals surface area contributed by atoms with Crippen LogP contribution < -0.4 is 5.32 Å². The molecule has 0 saturated heterocycles. The Bertz CT molecular complexity index is 1660. The van der Waals surface area contributed by atoms with Crippen LogP contribution in [0.2, 0.25) is 0 Å². The summed E-state index contributed by atoms with van der Waals surface area (Å²) < 4.78 is 0. The van der Waals surface area contributed by atoms with Crippen molar-refractivity contribution in [3.05, 3.63) is 78.2 Å². The van der Waals surface area contributed by atoms with Crippen LogP contribution in [0.3, 0.4) is 0 Å². The molecule has 0 fully saturated rings. The minimum atomic E-state index is 0.828. The number of thiophene rings is 1. The molecule has 0 aromatic carbocycles. The monoisotopic (exact) mass is 477 g/mol. The van der Waals surface area contributed by atoms with Gasteiger partial charge < -0.3 is 10.3 Å². The molecule has 0 amide bonds. The van der Waals surface area contributed by atoms with Gasteiger partial charge in [-0.3, -0.25) is 20.1 Å². The largest absolute Gasteiger partial charge is 0.358 e. The van der Waals surface area contributed by atoms with Gasteiger partial charge in [0, 0.05) is 50.9 Å². The van der Waals surface area contributed by atoms with Gasteiger partial charge in [-0.15, -0.1) is 0 Å². The zero-order valence-electron chi connectivity index (χ0n) is 19.2. The van der Waals surface area contributed by atoms with Crippen molar-refractivity contribution in [2.24, 2.45) is 0 Å². The number of H-pyrrole nitrogens is 2. The molecular formula is C27H23N7S. The van der Waals surface area contributed by atoms with Crippen molar-refractivity contribution in [3.8, 4) is 33.9 Å². The quantitative estimate of drug-likeness (QED) is 0.230. The van der Waals surface area contributed by atoms with Crippen molar-refractivity contribution in [1.29, 1.82) is 0 Å². The lowest BCUT2D eigenvalue weighted by Crippen LogP contribution is -1.98. The second-order valence-corrected chi connectivity index (χ2v) is 9.22. The molecule has 7 nitrogen and oxygen atoms in total. The van der Waals surface area contributed by atoms with Crippen LogP contribution in [0.4, 0.5) is 5.69 Å². The highest BCUT2D eigenvalue weighted by atomic mass is 32.1. The smallest absolute Gasteiger partial charge is 0.116 e. The molecule has 0 spiro atoms. The zero-order chi connectivity index (χ0) is 23.8. The molecule has 6 heterocycles. The lowest BCUT2D eigenvalue weighted by molar-refractivity contribution is 0.913. The summed E-state index contributed by atoms with van der Waals surface area (Å²) in [5.41, 5.74) is 9.38. The van der Waals surface area contributed by atoms with Crippen LogP contribution in [-0.2, 0) is 0 Å². The van der Waals surface area contributed by atoms with Crippen LogP contribution >= 0.6 is 11.3 Å². The zero-order valence-corrected chi connectivity index (χ0v) is 20.0. The van der Waals surface area contributed by atoms with Crippen molar-refractivity contribution < 1.29 is 0 Å². The van der Waals surface area contributed by atoms with E-state index in [1.54, 1.807) is 17.5 Å². The fourth-order valence-corrected chi connectivity index (χ4v) is 4.95. The molecule has 6 rings (SSSR count). The predicted molar refractivity (Wildman–Crippen MR) is 143 cm³/mol. The summed E-state index contributed by atoms with van der Waals surface area (Å²) in [6, 6.07) is 10.3. The van der Waals surface area contributed by atoms with Gasteiger partial charge in [0.15, 0.2) is 0 Å². The van der Waals surface area contributed by atoms with E-state index in [0.717, 1.165) is 79.9 Å². The number of rotatable bonds is 7. The first-order chi connectivity index (χ1) is 17.2. The van der Waals surface area contributed by atoms with Crippen LogP contribution in [0.1, 0.15) is 19.8 Å². The third-order valence-electron chi connectivity index (χ3n) is 5.95. The minimum Gasteiger partial charge on any atom is -0.358 e. The summed E-state index contributed by atoms with van der Waals surface area (Å²) in [7, 11) is 0. The summed E-state index contributed by atoms with van der Waals surface area (Å²) >= 11 is 1.67. The lowest BCUT2D eigenvalue weighted by Gasteiger charge is -2.09. The van der Waals surface area contributed by atoms with E-state index in [1.165, 1.54) is 0 Å². The second-order valence-electron chi connectivity index (χ2n) is 8.44. The van der Waals surface area contributed by atoms with Gasteiger partial charge in [0.05, 0.1) is 40.7 Å². The van der Waals surface area contributed by atoms with Crippen LogP contribution in [0.5, 0.6) is 0 Å². The Balaban J connectivity index is 1.40. The van der Waals surface area contributed by atoms with E-state index in [-0.39, 0.29) is 0 Å². The summed E-state index contributed by atoms with van der Waals surface area (Å²) in [4.78, 5) is 17.2. The molecule has 6 aromatic rings. The van der Waals surface area contributed by atoms with Gasteiger partial charge in [0.2, 0.25) is 0 Å². The van der Waals surface area contributed by atoms with Gasteiger partial charge >= 0.3 is 0 Å². The number of anilines is 1. The maximum atomic E-state index is 4.65.